The molecule has 0 aromatic carbocycles. The fourth-order valence-electron chi connectivity index (χ4n) is 1.58. The molecule has 1 N–H and O–H groups in total. The molecule has 1 rings (SSSR count). The van der Waals surface area contributed by atoms with E-state index in [-0.39, 0.29) is 11.8 Å². The van der Waals surface area contributed by atoms with Crippen molar-refractivity contribution in [3.8, 4) is 0 Å². The number of nitrogens with one attached hydrogen (secondary N) is 1. The molecule has 6 nitrogen and oxygen atoms in total. The Kier molecular flexibility index (Phi) is 6.86. The Labute approximate surface area is 116 Å². The van der Waals surface area contributed by atoms with Crippen LogP contribution in [0.1, 0.15) is 26.7 Å². The van der Waals surface area contributed by atoms with Crippen LogP contribution in [0.3, 0.4) is 0 Å². The van der Waals surface area contributed by atoms with Crippen LogP contribution in [0.5, 0.6) is 0 Å². The number of rotatable bonds is 5. The highest BCUT2D eigenvalue weighted by atomic mass is 32.2. The van der Waals surface area contributed by atoms with Gasteiger partial charge in [-0.1, -0.05) is 6.92 Å². The van der Waals surface area contributed by atoms with Crippen LogP contribution in [-0.2, 0) is 19.1 Å². The molecule has 19 heavy (non-hydrogen) atoms. The second-order valence-corrected chi connectivity index (χ2v) is 5.24. The zero-order chi connectivity index (χ0) is 14.3. The Hall–Kier alpha value is -1.08. The molecule has 0 amide bonds. The molecule has 108 valence electrons. The SMILES string of the molecule is CCOC(=O)SCC(C)C(=O)OC(=O)[C@@H]1CCCN1. The minimum absolute atomic E-state index is 0.239. The monoisotopic (exact) mass is 289 g/mol. The lowest BCUT2D eigenvalue weighted by atomic mass is 10.2. The average molecular weight is 289 g/mol. The molecular formula is C12H19NO5S. The molecule has 0 aromatic heterocycles. The number of thioether (sulfide) groups is 1. The summed E-state index contributed by atoms with van der Waals surface area (Å²) in [4.78, 5) is 34.4. The van der Waals surface area contributed by atoms with Crippen molar-refractivity contribution >= 4 is 29.0 Å². The van der Waals surface area contributed by atoms with Crippen molar-refractivity contribution in [2.45, 2.75) is 32.7 Å². The van der Waals surface area contributed by atoms with Gasteiger partial charge in [0.05, 0.1) is 12.5 Å². The summed E-state index contributed by atoms with van der Waals surface area (Å²) in [5.41, 5.74) is 0. The largest absolute Gasteiger partial charge is 0.458 e. The van der Waals surface area contributed by atoms with Crippen LogP contribution in [0.15, 0.2) is 0 Å². The molecule has 1 fully saturated rings. The van der Waals surface area contributed by atoms with Gasteiger partial charge in [-0.25, -0.2) is 9.59 Å². The average Bonchev–Trinajstić information content (AvgIpc) is 2.90. The Balaban J connectivity index is 2.27. The van der Waals surface area contributed by atoms with Crippen molar-refractivity contribution in [2.24, 2.45) is 5.92 Å². The normalized spacial score (nSPS) is 19.8. The quantitative estimate of drug-likeness (QED) is 0.604. The van der Waals surface area contributed by atoms with Gasteiger partial charge >= 0.3 is 17.2 Å². The van der Waals surface area contributed by atoms with Gasteiger partial charge in [0.1, 0.15) is 6.04 Å². The molecule has 1 heterocycles. The summed E-state index contributed by atoms with van der Waals surface area (Å²) in [6, 6.07) is -0.381. The van der Waals surface area contributed by atoms with E-state index in [0.29, 0.717) is 13.0 Å². The van der Waals surface area contributed by atoms with Crippen molar-refractivity contribution < 1.29 is 23.9 Å². The number of hydrogen-bond donors (Lipinski definition) is 1. The minimum atomic E-state index is -0.601. The molecule has 0 spiro atoms. The molecule has 2 atom stereocenters. The lowest BCUT2D eigenvalue weighted by Gasteiger charge is -2.12. The van der Waals surface area contributed by atoms with E-state index in [4.69, 9.17) is 9.47 Å². The van der Waals surface area contributed by atoms with Gasteiger partial charge in [0.25, 0.3) is 0 Å². The van der Waals surface area contributed by atoms with Crippen molar-refractivity contribution in [2.75, 3.05) is 18.9 Å². The number of hydrogen-bond acceptors (Lipinski definition) is 7. The van der Waals surface area contributed by atoms with Gasteiger partial charge in [0, 0.05) is 5.75 Å². The van der Waals surface area contributed by atoms with Crippen LogP contribution in [0.2, 0.25) is 0 Å². The van der Waals surface area contributed by atoms with E-state index in [1.807, 2.05) is 0 Å². The van der Waals surface area contributed by atoms with E-state index in [2.05, 4.69) is 5.32 Å². The van der Waals surface area contributed by atoms with Crippen LogP contribution in [0.4, 0.5) is 4.79 Å². The summed E-state index contributed by atoms with van der Waals surface area (Å²) in [6.45, 7) is 4.39. The maximum absolute atomic E-state index is 11.6. The smallest absolute Gasteiger partial charge is 0.367 e. The molecule has 0 aromatic rings. The lowest BCUT2D eigenvalue weighted by Crippen LogP contribution is -2.35. The number of ether oxygens (including phenoxy) is 2. The first-order valence-corrected chi connectivity index (χ1v) is 7.31. The van der Waals surface area contributed by atoms with Crippen LogP contribution in [0, 0.1) is 5.92 Å². The highest BCUT2D eigenvalue weighted by Crippen LogP contribution is 2.14. The first kappa shape index (κ1) is 16.0. The van der Waals surface area contributed by atoms with Gasteiger partial charge in [-0.15, -0.1) is 0 Å². The molecule has 0 saturated carbocycles. The highest BCUT2D eigenvalue weighted by Gasteiger charge is 2.27. The lowest BCUT2D eigenvalue weighted by molar-refractivity contribution is -0.163. The molecule has 7 heteroatoms. The predicted octanol–water partition coefficient (Wildman–Crippen LogP) is 1.33. The first-order chi connectivity index (χ1) is 9.04. The van der Waals surface area contributed by atoms with Crippen LogP contribution >= 0.6 is 11.8 Å². The Morgan fingerprint density at radius 2 is 2.16 bits per heavy atom. The molecule has 0 bridgehead atoms. The maximum Gasteiger partial charge on any atom is 0.367 e. The summed E-state index contributed by atoms with van der Waals surface area (Å²) in [5.74, 6) is -1.42. The molecular weight excluding hydrogens is 270 g/mol. The van der Waals surface area contributed by atoms with E-state index in [1.165, 1.54) is 0 Å². The van der Waals surface area contributed by atoms with Crippen LogP contribution < -0.4 is 5.32 Å². The molecule has 1 unspecified atom stereocenters. The summed E-state index contributed by atoms with van der Waals surface area (Å²) in [5, 5.41) is 2.54. The van der Waals surface area contributed by atoms with E-state index >= 15 is 0 Å². The number of carbonyl (C=O) groups is 3. The van der Waals surface area contributed by atoms with Gasteiger partial charge in [0.2, 0.25) is 0 Å². The summed E-state index contributed by atoms with van der Waals surface area (Å²) in [6.07, 6.45) is 1.60. The molecule has 1 aliphatic rings. The third-order valence-corrected chi connectivity index (χ3v) is 3.68. The van der Waals surface area contributed by atoms with Gasteiger partial charge < -0.3 is 14.8 Å². The molecule has 1 aliphatic heterocycles. The number of carbonyl (C=O) groups excluding carboxylic acids is 3. The van der Waals surface area contributed by atoms with E-state index in [0.717, 1.165) is 24.7 Å². The Bertz CT molecular complexity index is 341. The van der Waals surface area contributed by atoms with Crippen molar-refractivity contribution in [1.82, 2.24) is 5.32 Å². The predicted molar refractivity (Wildman–Crippen MR) is 70.8 cm³/mol. The molecule has 0 radical (unpaired) electrons. The van der Waals surface area contributed by atoms with Gasteiger partial charge in [0.15, 0.2) is 0 Å². The van der Waals surface area contributed by atoms with E-state index < -0.39 is 23.2 Å². The third kappa shape index (κ3) is 5.61. The van der Waals surface area contributed by atoms with Gasteiger partial charge in [-0.3, -0.25) is 4.79 Å². The van der Waals surface area contributed by atoms with Gasteiger partial charge in [-0.05, 0) is 38.1 Å². The standard InChI is InChI=1S/C12H19NO5S/c1-3-17-12(16)19-7-8(2)10(14)18-11(15)9-5-4-6-13-9/h8-9,13H,3-7H2,1-2H3/t8?,9-/m0/s1. The summed E-state index contributed by atoms with van der Waals surface area (Å²) >= 11 is 0.908. The zero-order valence-corrected chi connectivity index (χ0v) is 12.0. The zero-order valence-electron chi connectivity index (χ0n) is 11.1. The second kappa shape index (κ2) is 8.16. The first-order valence-electron chi connectivity index (χ1n) is 6.33. The van der Waals surface area contributed by atoms with Crippen molar-refractivity contribution in [1.29, 1.82) is 0 Å². The molecule has 1 saturated heterocycles. The second-order valence-electron chi connectivity index (χ2n) is 4.28. The van der Waals surface area contributed by atoms with Crippen molar-refractivity contribution in [3.05, 3.63) is 0 Å². The van der Waals surface area contributed by atoms with Crippen LogP contribution in [-0.4, -0.2) is 42.2 Å². The summed E-state index contributed by atoms with van der Waals surface area (Å²) in [7, 11) is 0. The minimum Gasteiger partial charge on any atom is -0.458 e. The van der Waals surface area contributed by atoms with E-state index in [1.54, 1.807) is 13.8 Å². The fourth-order valence-corrected chi connectivity index (χ4v) is 2.30. The van der Waals surface area contributed by atoms with Gasteiger partial charge in [-0.2, -0.15) is 0 Å². The third-order valence-electron chi connectivity index (χ3n) is 2.66. The topological polar surface area (TPSA) is 81.7 Å². The van der Waals surface area contributed by atoms with Crippen LogP contribution in [0.25, 0.3) is 0 Å². The molecule has 0 aliphatic carbocycles. The Morgan fingerprint density at radius 3 is 2.74 bits per heavy atom. The summed E-state index contributed by atoms with van der Waals surface area (Å²) < 4.78 is 9.51. The maximum atomic E-state index is 11.6. The highest BCUT2D eigenvalue weighted by molar-refractivity contribution is 8.13. The Morgan fingerprint density at radius 1 is 1.42 bits per heavy atom. The van der Waals surface area contributed by atoms with E-state index in [9.17, 15) is 14.4 Å². The number of esters is 2. The fraction of sp³-hybridized carbons (Fsp3) is 0.750. The van der Waals surface area contributed by atoms with Crippen molar-refractivity contribution in [3.63, 3.8) is 0 Å².